The molecule has 3 rings (SSSR count). The number of methoxy groups -OCH3 is 1. The van der Waals surface area contributed by atoms with Gasteiger partial charge in [0.15, 0.2) is 11.5 Å². The second-order valence-corrected chi connectivity index (χ2v) is 7.48. The summed E-state index contributed by atoms with van der Waals surface area (Å²) in [5.74, 6) is 0.165. The molecule has 180 valence electrons. The van der Waals surface area contributed by atoms with Gasteiger partial charge in [-0.15, -0.1) is 6.58 Å². The van der Waals surface area contributed by atoms with Crippen molar-refractivity contribution in [1.29, 1.82) is 0 Å². The molecule has 0 atom stereocenters. The van der Waals surface area contributed by atoms with Gasteiger partial charge in [-0.1, -0.05) is 36.4 Å². The second-order valence-electron chi connectivity index (χ2n) is 7.48. The van der Waals surface area contributed by atoms with Gasteiger partial charge in [-0.25, -0.2) is 9.82 Å². The van der Waals surface area contributed by atoms with Crippen LogP contribution in [0.4, 0.5) is 10.1 Å². The Morgan fingerprint density at radius 3 is 2.60 bits per heavy atom. The predicted molar refractivity (Wildman–Crippen MR) is 130 cm³/mol. The molecule has 35 heavy (non-hydrogen) atoms. The fourth-order valence-corrected chi connectivity index (χ4v) is 3.35. The smallest absolute Gasteiger partial charge is 0.273 e. The summed E-state index contributed by atoms with van der Waals surface area (Å²) in [6, 6.07) is 15.6. The number of hydrazone groups is 1. The lowest BCUT2D eigenvalue weighted by Gasteiger charge is -2.16. The van der Waals surface area contributed by atoms with E-state index in [0.29, 0.717) is 29.0 Å². The molecule has 0 radical (unpaired) electrons. The van der Waals surface area contributed by atoms with Crippen LogP contribution < -0.4 is 14.9 Å². The van der Waals surface area contributed by atoms with Crippen molar-refractivity contribution in [2.45, 2.75) is 19.4 Å². The van der Waals surface area contributed by atoms with Crippen LogP contribution in [0.2, 0.25) is 0 Å². The maximum absolute atomic E-state index is 13.2. The number of nitrogens with one attached hydrogen (secondary N) is 1. The van der Waals surface area contributed by atoms with Crippen molar-refractivity contribution in [3.05, 3.63) is 112 Å². The molecule has 0 aliphatic carbocycles. The van der Waals surface area contributed by atoms with E-state index in [9.17, 15) is 19.3 Å². The molecule has 0 aliphatic rings. The van der Waals surface area contributed by atoms with Gasteiger partial charge in [-0.3, -0.25) is 14.9 Å². The van der Waals surface area contributed by atoms with E-state index in [4.69, 9.17) is 9.47 Å². The number of halogens is 1. The Kier molecular flexibility index (Phi) is 8.66. The normalized spacial score (nSPS) is 10.7. The van der Waals surface area contributed by atoms with E-state index in [2.05, 4.69) is 17.1 Å². The SMILES string of the molecule is C=CCc1cc(C=NNC(=O)Cc2ccccc2[N+](=O)[O-])cc(OC)c1OCc1ccc(F)cc1. The number of allylic oxidation sites excluding steroid dienone is 1. The molecule has 0 saturated heterocycles. The Morgan fingerprint density at radius 1 is 1.17 bits per heavy atom. The summed E-state index contributed by atoms with van der Waals surface area (Å²) in [6.45, 7) is 4.00. The zero-order valence-corrected chi connectivity index (χ0v) is 19.1. The molecule has 0 saturated carbocycles. The van der Waals surface area contributed by atoms with Crippen molar-refractivity contribution in [1.82, 2.24) is 5.43 Å². The molecular formula is C26H24FN3O5. The molecular weight excluding hydrogens is 453 g/mol. The van der Waals surface area contributed by atoms with Crippen molar-refractivity contribution < 1.29 is 23.6 Å². The van der Waals surface area contributed by atoms with Crippen LogP contribution in [0.5, 0.6) is 11.5 Å². The zero-order chi connectivity index (χ0) is 25.2. The second kappa shape index (κ2) is 12.1. The summed E-state index contributed by atoms with van der Waals surface area (Å²) < 4.78 is 24.6. The Morgan fingerprint density at radius 2 is 1.91 bits per heavy atom. The Balaban J connectivity index is 1.72. The molecule has 0 unspecified atom stereocenters. The van der Waals surface area contributed by atoms with Crippen molar-refractivity contribution in [3.8, 4) is 11.5 Å². The number of benzene rings is 3. The average Bonchev–Trinajstić information content (AvgIpc) is 2.84. The third-order valence-corrected chi connectivity index (χ3v) is 4.98. The lowest BCUT2D eigenvalue weighted by molar-refractivity contribution is -0.385. The van der Waals surface area contributed by atoms with Crippen molar-refractivity contribution in [3.63, 3.8) is 0 Å². The Labute approximate surface area is 201 Å². The highest BCUT2D eigenvalue weighted by molar-refractivity contribution is 5.85. The summed E-state index contributed by atoms with van der Waals surface area (Å²) in [6.07, 6.45) is 3.46. The third-order valence-electron chi connectivity index (χ3n) is 4.98. The van der Waals surface area contributed by atoms with E-state index in [-0.39, 0.29) is 24.5 Å². The molecule has 8 nitrogen and oxygen atoms in total. The molecule has 0 aromatic heterocycles. The average molecular weight is 477 g/mol. The van der Waals surface area contributed by atoms with E-state index in [1.807, 2.05) is 6.07 Å². The number of ether oxygens (including phenoxy) is 2. The molecule has 0 spiro atoms. The summed E-state index contributed by atoms with van der Waals surface area (Å²) in [4.78, 5) is 22.8. The van der Waals surface area contributed by atoms with Crippen LogP contribution in [0.15, 0.2) is 78.4 Å². The highest BCUT2D eigenvalue weighted by atomic mass is 19.1. The van der Waals surface area contributed by atoms with E-state index in [1.165, 1.54) is 37.6 Å². The third kappa shape index (κ3) is 6.97. The van der Waals surface area contributed by atoms with Gasteiger partial charge < -0.3 is 9.47 Å². The quantitative estimate of drug-likeness (QED) is 0.186. The topological polar surface area (TPSA) is 103 Å². The number of hydrogen-bond acceptors (Lipinski definition) is 6. The summed E-state index contributed by atoms with van der Waals surface area (Å²) in [7, 11) is 1.51. The van der Waals surface area contributed by atoms with Crippen molar-refractivity contribution >= 4 is 17.8 Å². The maximum atomic E-state index is 13.2. The minimum atomic E-state index is -0.529. The maximum Gasteiger partial charge on any atom is 0.273 e. The number of rotatable bonds is 11. The van der Waals surface area contributed by atoms with E-state index < -0.39 is 10.8 Å². The van der Waals surface area contributed by atoms with Gasteiger partial charge in [0.05, 0.1) is 24.7 Å². The first-order chi connectivity index (χ1) is 16.9. The minimum Gasteiger partial charge on any atom is -0.493 e. The number of carbonyl (C=O) groups is 1. The van der Waals surface area contributed by atoms with Crippen LogP contribution in [0.1, 0.15) is 22.3 Å². The number of carbonyl (C=O) groups excluding carboxylic acids is 1. The van der Waals surface area contributed by atoms with Crippen molar-refractivity contribution in [2.75, 3.05) is 7.11 Å². The standard InChI is InChI=1S/C26H24FN3O5/c1-3-6-21-13-19(14-24(34-2)26(21)35-17-18-9-11-22(27)12-10-18)16-28-29-25(31)15-20-7-4-5-8-23(20)30(32)33/h3-5,7-14,16H,1,6,15,17H2,2H3,(H,29,31). The molecule has 0 bridgehead atoms. The number of hydrogen-bond donors (Lipinski definition) is 1. The van der Waals surface area contributed by atoms with Crippen LogP contribution in [-0.4, -0.2) is 24.2 Å². The Hall–Kier alpha value is -4.53. The first kappa shape index (κ1) is 25.1. The van der Waals surface area contributed by atoms with Gasteiger partial charge in [-0.05, 0) is 41.8 Å². The monoisotopic (exact) mass is 477 g/mol. The van der Waals surface area contributed by atoms with Gasteiger partial charge >= 0.3 is 0 Å². The number of nitro groups is 1. The van der Waals surface area contributed by atoms with E-state index in [0.717, 1.165) is 11.1 Å². The number of nitrogens with zero attached hydrogens (tertiary/aromatic N) is 2. The fraction of sp³-hybridized carbons (Fsp3) is 0.154. The summed E-state index contributed by atoms with van der Waals surface area (Å²) >= 11 is 0. The molecule has 0 aliphatic heterocycles. The van der Waals surface area contributed by atoms with Gasteiger partial charge in [0.25, 0.3) is 5.69 Å². The van der Waals surface area contributed by atoms with Gasteiger partial charge in [0.2, 0.25) is 5.91 Å². The number of para-hydroxylation sites is 1. The lowest BCUT2D eigenvalue weighted by Crippen LogP contribution is -2.20. The van der Waals surface area contributed by atoms with Crippen LogP contribution >= 0.6 is 0 Å². The largest absolute Gasteiger partial charge is 0.493 e. The molecule has 1 N–H and O–H groups in total. The highest BCUT2D eigenvalue weighted by Crippen LogP contribution is 2.34. The minimum absolute atomic E-state index is 0.123. The zero-order valence-electron chi connectivity index (χ0n) is 19.1. The predicted octanol–water partition coefficient (Wildman–Crippen LogP) is 4.74. The van der Waals surface area contributed by atoms with Gasteiger partial charge in [0, 0.05) is 17.2 Å². The van der Waals surface area contributed by atoms with E-state index >= 15 is 0 Å². The lowest BCUT2D eigenvalue weighted by atomic mass is 10.1. The number of nitro benzene ring substituents is 1. The highest BCUT2D eigenvalue weighted by Gasteiger charge is 2.16. The van der Waals surface area contributed by atoms with Crippen LogP contribution in [0.25, 0.3) is 0 Å². The van der Waals surface area contributed by atoms with Gasteiger partial charge in [0.1, 0.15) is 12.4 Å². The summed E-state index contributed by atoms with van der Waals surface area (Å²) in [5, 5.41) is 15.1. The first-order valence-corrected chi connectivity index (χ1v) is 10.6. The molecule has 0 heterocycles. The fourth-order valence-electron chi connectivity index (χ4n) is 3.35. The molecule has 0 fully saturated rings. The Bertz CT molecular complexity index is 1240. The molecule has 1 amide bonds. The molecule has 3 aromatic carbocycles. The first-order valence-electron chi connectivity index (χ1n) is 10.6. The molecule has 3 aromatic rings. The molecule has 9 heteroatoms. The number of amides is 1. The van der Waals surface area contributed by atoms with E-state index in [1.54, 1.807) is 36.4 Å². The van der Waals surface area contributed by atoms with Crippen LogP contribution in [0, 0.1) is 15.9 Å². The van der Waals surface area contributed by atoms with Gasteiger partial charge in [-0.2, -0.15) is 5.10 Å². The summed E-state index contributed by atoms with van der Waals surface area (Å²) in [5.41, 5.74) is 4.78. The van der Waals surface area contributed by atoms with Crippen molar-refractivity contribution in [2.24, 2.45) is 5.10 Å². The van der Waals surface area contributed by atoms with Crippen LogP contribution in [0.3, 0.4) is 0 Å². The van der Waals surface area contributed by atoms with Crippen LogP contribution in [-0.2, 0) is 24.2 Å².